The van der Waals surface area contributed by atoms with E-state index in [4.69, 9.17) is 5.73 Å². The third kappa shape index (κ3) is 6.66. The molecule has 0 amide bonds. The molecular formula is C11H25N. The molecule has 2 N–H and O–H groups in total. The van der Waals surface area contributed by atoms with Gasteiger partial charge in [0.2, 0.25) is 0 Å². The van der Waals surface area contributed by atoms with E-state index in [1.165, 1.54) is 38.5 Å². The Morgan fingerprint density at radius 3 is 2.08 bits per heavy atom. The summed E-state index contributed by atoms with van der Waals surface area (Å²) in [6, 6.07) is 0. The summed E-state index contributed by atoms with van der Waals surface area (Å²) >= 11 is 0. The van der Waals surface area contributed by atoms with Crippen molar-refractivity contribution in [3.63, 3.8) is 0 Å². The molecule has 0 aliphatic carbocycles. The Balaban J connectivity index is 3.19. The normalized spacial score (nSPS) is 12.0. The maximum absolute atomic E-state index is 5.65. The fourth-order valence-corrected chi connectivity index (χ4v) is 1.31. The van der Waals surface area contributed by atoms with E-state index in [1.54, 1.807) is 0 Å². The fraction of sp³-hybridized carbons (Fsp3) is 1.00. The highest BCUT2D eigenvalue weighted by Crippen LogP contribution is 2.22. The molecule has 0 aliphatic rings. The van der Waals surface area contributed by atoms with Crippen molar-refractivity contribution < 1.29 is 0 Å². The molecular weight excluding hydrogens is 146 g/mol. The molecule has 0 aromatic rings. The molecule has 0 bridgehead atoms. The van der Waals surface area contributed by atoms with Crippen LogP contribution in [0.3, 0.4) is 0 Å². The summed E-state index contributed by atoms with van der Waals surface area (Å²) in [5, 5.41) is 0. The van der Waals surface area contributed by atoms with Crippen LogP contribution in [0.2, 0.25) is 0 Å². The smallest absolute Gasteiger partial charge is 0.00258 e. The molecule has 0 fully saturated rings. The van der Waals surface area contributed by atoms with Crippen LogP contribution in [0.25, 0.3) is 0 Å². The summed E-state index contributed by atoms with van der Waals surface area (Å²) in [7, 11) is 0. The highest BCUT2D eigenvalue weighted by Gasteiger charge is 2.13. The first-order valence-corrected chi connectivity index (χ1v) is 5.32. The number of unbranched alkanes of at least 4 members (excludes halogenated alkanes) is 4. The van der Waals surface area contributed by atoms with E-state index in [0.717, 1.165) is 6.54 Å². The highest BCUT2D eigenvalue weighted by molar-refractivity contribution is 4.68. The molecule has 0 saturated carbocycles. The van der Waals surface area contributed by atoms with Crippen LogP contribution < -0.4 is 5.73 Å². The van der Waals surface area contributed by atoms with Crippen molar-refractivity contribution >= 4 is 0 Å². The minimum absolute atomic E-state index is 0.367. The number of hydrogen-bond donors (Lipinski definition) is 1. The monoisotopic (exact) mass is 171 g/mol. The summed E-state index contributed by atoms with van der Waals surface area (Å²) in [6.07, 6.45) is 8.15. The van der Waals surface area contributed by atoms with Crippen molar-refractivity contribution in [2.24, 2.45) is 11.1 Å². The molecule has 0 atom stereocenters. The van der Waals surface area contributed by atoms with Crippen LogP contribution in [0, 0.1) is 5.41 Å². The molecule has 0 spiro atoms. The highest BCUT2D eigenvalue weighted by atomic mass is 14.6. The predicted molar refractivity (Wildman–Crippen MR) is 56.2 cm³/mol. The molecule has 0 aliphatic heterocycles. The van der Waals surface area contributed by atoms with Gasteiger partial charge in [0.05, 0.1) is 0 Å². The molecule has 12 heavy (non-hydrogen) atoms. The van der Waals surface area contributed by atoms with Gasteiger partial charge >= 0.3 is 0 Å². The fourth-order valence-electron chi connectivity index (χ4n) is 1.31. The van der Waals surface area contributed by atoms with Crippen molar-refractivity contribution in [1.29, 1.82) is 0 Å². The Morgan fingerprint density at radius 2 is 1.58 bits per heavy atom. The quantitative estimate of drug-likeness (QED) is 0.584. The lowest BCUT2D eigenvalue weighted by Crippen LogP contribution is -2.23. The first kappa shape index (κ1) is 12.0. The Hall–Kier alpha value is -0.0400. The van der Waals surface area contributed by atoms with Crippen LogP contribution in [0.5, 0.6) is 0 Å². The largest absolute Gasteiger partial charge is 0.330 e. The molecule has 74 valence electrons. The average molecular weight is 171 g/mol. The van der Waals surface area contributed by atoms with Crippen LogP contribution in [-0.4, -0.2) is 6.54 Å². The van der Waals surface area contributed by atoms with Gasteiger partial charge in [-0.1, -0.05) is 52.9 Å². The lowest BCUT2D eigenvalue weighted by Gasteiger charge is -2.21. The lowest BCUT2D eigenvalue weighted by atomic mass is 9.87. The van der Waals surface area contributed by atoms with E-state index >= 15 is 0 Å². The SMILES string of the molecule is CCCCCCCC(C)(C)CN. The maximum atomic E-state index is 5.65. The van der Waals surface area contributed by atoms with Crippen LogP contribution in [0.1, 0.15) is 59.3 Å². The van der Waals surface area contributed by atoms with Crippen LogP contribution in [0.4, 0.5) is 0 Å². The molecule has 0 aromatic carbocycles. The first-order valence-electron chi connectivity index (χ1n) is 5.32. The van der Waals surface area contributed by atoms with E-state index < -0.39 is 0 Å². The van der Waals surface area contributed by atoms with E-state index in [0.29, 0.717) is 5.41 Å². The van der Waals surface area contributed by atoms with E-state index in [-0.39, 0.29) is 0 Å². The van der Waals surface area contributed by atoms with Gasteiger partial charge < -0.3 is 5.73 Å². The molecule has 0 rings (SSSR count). The van der Waals surface area contributed by atoms with Gasteiger partial charge in [0, 0.05) is 0 Å². The second-order valence-electron chi connectivity index (χ2n) is 4.53. The van der Waals surface area contributed by atoms with Gasteiger partial charge in [0.25, 0.3) is 0 Å². The van der Waals surface area contributed by atoms with Crippen LogP contribution >= 0.6 is 0 Å². The second-order valence-corrected chi connectivity index (χ2v) is 4.53. The van der Waals surface area contributed by atoms with Gasteiger partial charge in [-0.2, -0.15) is 0 Å². The van der Waals surface area contributed by atoms with E-state index in [9.17, 15) is 0 Å². The molecule has 0 heterocycles. The van der Waals surface area contributed by atoms with Crippen LogP contribution in [-0.2, 0) is 0 Å². The summed E-state index contributed by atoms with van der Waals surface area (Å²) < 4.78 is 0. The third-order valence-corrected chi connectivity index (χ3v) is 2.51. The molecule has 0 saturated heterocycles. The van der Waals surface area contributed by atoms with Gasteiger partial charge in [0.15, 0.2) is 0 Å². The Bertz CT molecular complexity index is 97.2. The van der Waals surface area contributed by atoms with Gasteiger partial charge in [-0.25, -0.2) is 0 Å². The minimum Gasteiger partial charge on any atom is -0.330 e. The summed E-state index contributed by atoms with van der Waals surface area (Å²) in [5.74, 6) is 0. The zero-order valence-corrected chi connectivity index (χ0v) is 9.03. The topological polar surface area (TPSA) is 26.0 Å². The number of hydrogen-bond acceptors (Lipinski definition) is 1. The Morgan fingerprint density at radius 1 is 1.00 bits per heavy atom. The van der Waals surface area contributed by atoms with Crippen molar-refractivity contribution in [2.75, 3.05) is 6.54 Å². The number of nitrogens with two attached hydrogens (primary N) is 1. The summed E-state index contributed by atoms with van der Waals surface area (Å²) in [6.45, 7) is 7.59. The molecule has 0 unspecified atom stereocenters. The van der Waals surface area contributed by atoms with Crippen molar-refractivity contribution in [3.8, 4) is 0 Å². The van der Waals surface area contributed by atoms with Crippen molar-refractivity contribution in [1.82, 2.24) is 0 Å². The molecule has 1 nitrogen and oxygen atoms in total. The molecule has 0 radical (unpaired) electrons. The predicted octanol–water partition coefficient (Wildman–Crippen LogP) is 3.33. The average Bonchev–Trinajstić information content (AvgIpc) is 2.04. The maximum Gasteiger partial charge on any atom is -0.00258 e. The summed E-state index contributed by atoms with van der Waals surface area (Å²) in [4.78, 5) is 0. The lowest BCUT2D eigenvalue weighted by molar-refractivity contribution is 0.330. The molecule has 0 aromatic heterocycles. The standard InChI is InChI=1S/C11H25N/c1-4-5-6-7-8-9-11(2,3)10-12/h4-10,12H2,1-3H3. The second kappa shape index (κ2) is 6.47. The third-order valence-electron chi connectivity index (χ3n) is 2.51. The number of rotatable bonds is 7. The minimum atomic E-state index is 0.367. The van der Waals surface area contributed by atoms with Crippen molar-refractivity contribution in [3.05, 3.63) is 0 Å². The first-order chi connectivity index (χ1) is 5.62. The van der Waals surface area contributed by atoms with Crippen molar-refractivity contribution in [2.45, 2.75) is 59.3 Å². The van der Waals surface area contributed by atoms with Gasteiger partial charge in [-0.3, -0.25) is 0 Å². The van der Waals surface area contributed by atoms with Gasteiger partial charge in [-0.15, -0.1) is 0 Å². The Labute approximate surface area is 77.7 Å². The zero-order chi connectivity index (χ0) is 9.45. The summed E-state index contributed by atoms with van der Waals surface area (Å²) in [5.41, 5.74) is 6.01. The van der Waals surface area contributed by atoms with Gasteiger partial charge in [-0.05, 0) is 18.4 Å². The zero-order valence-electron chi connectivity index (χ0n) is 9.03. The van der Waals surface area contributed by atoms with Crippen LogP contribution in [0.15, 0.2) is 0 Å². The molecule has 1 heteroatoms. The van der Waals surface area contributed by atoms with E-state index in [1.807, 2.05) is 0 Å². The van der Waals surface area contributed by atoms with E-state index in [2.05, 4.69) is 20.8 Å². The Kier molecular flexibility index (Phi) is 6.45. The van der Waals surface area contributed by atoms with Gasteiger partial charge in [0.1, 0.15) is 0 Å².